The third-order valence-corrected chi connectivity index (χ3v) is 1.35. The van der Waals surface area contributed by atoms with Gasteiger partial charge in [0.15, 0.2) is 0 Å². The molecule has 0 fully saturated rings. The van der Waals surface area contributed by atoms with Gasteiger partial charge in [-0.1, -0.05) is 47.2 Å². The summed E-state index contributed by atoms with van der Waals surface area (Å²) >= 11 is 3.34. The van der Waals surface area contributed by atoms with Crippen molar-refractivity contribution in [3.8, 4) is 0 Å². The van der Waals surface area contributed by atoms with E-state index < -0.39 is 0 Å². The van der Waals surface area contributed by atoms with Gasteiger partial charge in [-0.25, -0.2) is 0 Å². The second kappa shape index (κ2) is 7.96. The lowest BCUT2D eigenvalue weighted by Crippen LogP contribution is -1.62. The molecule has 0 amide bonds. The molecule has 1 heteroatoms. The van der Waals surface area contributed by atoms with E-state index in [1.54, 1.807) is 0 Å². The van der Waals surface area contributed by atoms with Crippen LogP contribution in [0.2, 0.25) is 0 Å². The first-order valence-electron chi connectivity index (χ1n) is 3.29. The highest BCUT2D eigenvalue weighted by molar-refractivity contribution is 9.09. The first kappa shape index (κ1) is 8.96. The van der Waals surface area contributed by atoms with Gasteiger partial charge in [-0.3, -0.25) is 0 Å². The molecule has 0 spiro atoms. The molecule has 0 nitrogen and oxygen atoms in total. The first-order valence-corrected chi connectivity index (χ1v) is 4.41. The van der Waals surface area contributed by atoms with Crippen LogP contribution < -0.4 is 0 Å². The van der Waals surface area contributed by atoms with Crippen molar-refractivity contribution in [3.63, 3.8) is 0 Å². The molecule has 0 N–H and O–H groups in total. The zero-order valence-electron chi connectivity index (χ0n) is 5.81. The van der Waals surface area contributed by atoms with Crippen molar-refractivity contribution in [2.45, 2.75) is 19.8 Å². The minimum atomic E-state index is 1.06. The Bertz CT molecular complexity index is 92.7. The van der Waals surface area contributed by atoms with Gasteiger partial charge >= 0.3 is 0 Å². The Labute approximate surface area is 65.8 Å². The van der Waals surface area contributed by atoms with Crippen molar-refractivity contribution in [2.75, 3.05) is 5.33 Å². The van der Waals surface area contributed by atoms with Crippen LogP contribution in [0.1, 0.15) is 19.8 Å². The summed E-state index contributed by atoms with van der Waals surface area (Å²) in [6.07, 6.45) is 10.7. The Morgan fingerprint density at radius 2 is 1.89 bits per heavy atom. The first-order chi connectivity index (χ1) is 4.41. The number of hydrogen-bond donors (Lipinski definition) is 0. The smallest absolute Gasteiger partial charge is 0.00660 e. The van der Waals surface area contributed by atoms with Crippen LogP contribution in [0.3, 0.4) is 0 Å². The van der Waals surface area contributed by atoms with E-state index >= 15 is 0 Å². The van der Waals surface area contributed by atoms with Gasteiger partial charge in [0.2, 0.25) is 0 Å². The highest BCUT2D eigenvalue weighted by Crippen LogP contribution is 1.89. The lowest BCUT2D eigenvalue weighted by molar-refractivity contribution is 1.22. The maximum absolute atomic E-state index is 3.34. The maximum atomic E-state index is 3.34. The van der Waals surface area contributed by atoms with Gasteiger partial charge in [-0.05, 0) is 12.8 Å². The molecule has 0 heterocycles. The Hall–Kier alpha value is -0.0400. The Morgan fingerprint density at radius 1 is 1.22 bits per heavy atom. The van der Waals surface area contributed by atoms with Crippen LogP contribution in [0.5, 0.6) is 0 Å². The molecule has 0 radical (unpaired) electrons. The molecule has 0 aliphatic rings. The fourth-order valence-corrected chi connectivity index (χ4v) is 0.717. The lowest BCUT2D eigenvalue weighted by Gasteiger charge is -1.78. The molecule has 0 aliphatic carbocycles. The normalized spacial score (nSPS) is 11.8. The van der Waals surface area contributed by atoms with Crippen LogP contribution in [0.15, 0.2) is 24.3 Å². The molecular formula is C8H13Br. The van der Waals surface area contributed by atoms with Crippen LogP contribution in [-0.4, -0.2) is 5.33 Å². The van der Waals surface area contributed by atoms with E-state index in [-0.39, 0.29) is 0 Å². The molecule has 0 rings (SSSR count). The fraction of sp³-hybridized carbons (Fsp3) is 0.500. The fourth-order valence-electron chi connectivity index (χ4n) is 0.452. The highest BCUT2D eigenvalue weighted by Gasteiger charge is 1.69. The van der Waals surface area contributed by atoms with Gasteiger partial charge in [-0.2, -0.15) is 0 Å². The third kappa shape index (κ3) is 7.96. The van der Waals surface area contributed by atoms with Gasteiger partial charge in [0.25, 0.3) is 0 Å². The quantitative estimate of drug-likeness (QED) is 0.470. The van der Waals surface area contributed by atoms with Gasteiger partial charge in [0.05, 0.1) is 0 Å². The second-order valence-electron chi connectivity index (χ2n) is 1.74. The second-order valence-corrected chi connectivity index (χ2v) is 2.54. The molecule has 0 aromatic carbocycles. The summed E-state index contributed by atoms with van der Waals surface area (Å²) in [7, 11) is 0. The molecule has 52 valence electrons. The topological polar surface area (TPSA) is 0 Å². The van der Waals surface area contributed by atoms with Crippen molar-refractivity contribution in [3.05, 3.63) is 24.3 Å². The molecule has 0 bridgehead atoms. The van der Waals surface area contributed by atoms with E-state index in [4.69, 9.17) is 0 Å². The van der Waals surface area contributed by atoms with Crippen LogP contribution in [0.25, 0.3) is 0 Å². The van der Waals surface area contributed by atoms with Crippen LogP contribution in [0.4, 0.5) is 0 Å². The zero-order valence-corrected chi connectivity index (χ0v) is 7.39. The van der Waals surface area contributed by atoms with Crippen molar-refractivity contribution < 1.29 is 0 Å². The number of alkyl halides is 1. The van der Waals surface area contributed by atoms with E-state index in [1.165, 1.54) is 0 Å². The SMILES string of the molecule is CCC=CC=CCCBr. The van der Waals surface area contributed by atoms with Crippen molar-refractivity contribution in [1.29, 1.82) is 0 Å². The number of hydrogen-bond acceptors (Lipinski definition) is 0. The third-order valence-electron chi connectivity index (χ3n) is 0.895. The number of allylic oxidation sites excluding steroid dienone is 4. The standard InChI is InChI=1S/C8H13Br/c1-2-3-4-5-6-7-8-9/h3-6H,2,7-8H2,1H3. The van der Waals surface area contributed by atoms with Crippen LogP contribution in [-0.2, 0) is 0 Å². The van der Waals surface area contributed by atoms with Gasteiger partial charge in [0.1, 0.15) is 0 Å². The Morgan fingerprint density at radius 3 is 2.44 bits per heavy atom. The summed E-state index contributed by atoms with van der Waals surface area (Å²) < 4.78 is 0. The summed E-state index contributed by atoms with van der Waals surface area (Å²) in [5.74, 6) is 0. The average molecular weight is 189 g/mol. The molecule has 9 heavy (non-hydrogen) atoms. The molecular weight excluding hydrogens is 176 g/mol. The summed E-state index contributed by atoms with van der Waals surface area (Å²) in [5.41, 5.74) is 0. The summed E-state index contributed by atoms with van der Waals surface area (Å²) in [4.78, 5) is 0. The van der Waals surface area contributed by atoms with Crippen molar-refractivity contribution >= 4 is 15.9 Å². The molecule has 0 aliphatic heterocycles. The van der Waals surface area contributed by atoms with E-state index in [1.807, 2.05) is 0 Å². The van der Waals surface area contributed by atoms with Gasteiger partial charge < -0.3 is 0 Å². The molecule has 0 aromatic rings. The largest absolute Gasteiger partial charge is 0.0925 e. The maximum Gasteiger partial charge on any atom is 0.00660 e. The zero-order chi connectivity index (χ0) is 6.95. The van der Waals surface area contributed by atoms with Crippen molar-refractivity contribution in [2.24, 2.45) is 0 Å². The van der Waals surface area contributed by atoms with Gasteiger partial charge in [0, 0.05) is 5.33 Å². The van der Waals surface area contributed by atoms with E-state index in [2.05, 4.69) is 47.2 Å². The van der Waals surface area contributed by atoms with Crippen molar-refractivity contribution in [1.82, 2.24) is 0 Å². The van der Waals surface area contributed by atoms with Crippen LogP contribution >= 0.6 is 15.9 Å². The molecule has 0 unspecified atom stereocenters. The van der Waals surface area contributed by atoms with Crippen LogP contribution in [0, 0.1) is 0 Å². The molecule has 0 atom stereocenters. The predicted molar refractivity (Wildman–Crippen MR) is 47.0 cm³/mol. The lowest BCUT2D eigenvalue weighted by atomic mass is 10.3. The molecule has 0 saturated heterocycles. The average Bonchev–Trinajstić information content (AvgIpc) is 1.89. The summed E-state index contributed by atoms with van der Waals surface area (Å²) in [5, 5.41) is 1.06. The Balaban J connectivity index is 3.13. The minimum absolute atomic E-state index is 1.06. The summed E-state index contributed by atoms with van der Waals surface area (Å²) in [6, 6.07) is 0. The number of rotatable bonds is 4. The molecule has 0 saturated carbocycles. The van der Waals surface area contributed by atoms with E-state index in [0.717, 1.165) is 18.2 Å². The summed E-state index contributed by atoms with van der Waals surface area (Å²) in [6.45, 7) is 2.13. The van der Waals surface area contributed by atoms with E-state index in [0.29, 0.717) is 0 Å². The monoisotopic (exact) mass is 188 g/mol. The minimum Gasteiger partial charge on any atom is -0.0925 e. The predicted octanol–water partition coefficient (Wildman–Crippen LogP) is 3.29. The number of halogens is 1. The van der Waals surface area contributed by atoms with Gasteiger partial charge in [-0.15, -0.1) is 0 Å². The highest BCUT2D eigenvalue weighted by atomic mass is 79.9. The molecule has 0 aromatic heterocycles. The van der Waals surface area contributed by atoms with E-state index in [9.17, 15) is 0 Å². The Kier molecular flexibility index (Phi) is 7.92.